The molecule has 2 nitrogen and oxygen atoms in total. The molecule has 1 aromatic carbocycles. The molecule has 0 spiro atoms. The van der Waals surface area contributed by atoms with Crippen molar-refractivity contribution < 1.29 is 4.74 Å². The van der Waals surface area contributed by atoms with E-state index < -0.39 is 0 Å². The number of benzene rings is 1. The molecule has 0 bridgehead atoms. The van der Waals surface area contributed by atoms with Gasteiger partial charge in [-0.15, -0.1) is 0 Å². The van der Waals surface area contributed by atoms with E-state index in [2.05, 4.69) is 56.4 Å². The first kappa shape index (κ1) is 15.2. The van der Waals surface area contributed by atoms with E-state index >= 15 is 0 Å². The number of ether oxygens (including phenoxy) is 1. The molecular weight excluding hydrogens is 222 g/mol. The third kappa shape index (κ3) is 6.77. The van der Waals surface area contributed by atoms with E-state index in [1.54, 1.807) is 0 Å². The van der Waals surface area contributed by atoms with Gasteiger partial charge < -0.3 is 10.1 Å². The molecule has 0 aliphatic heterocycles. The lowest BCUT2D eigenvalue weighted by Gasteiger charge is -2.19. The summed E-state index contributed by atoms with van der Waals surface area (Å²) < 4.78 is 5.65. The Morgan fingerprint density at radius 1 is 1.17 bits per heavy atom. The molecular formula is C16H27NO. The average Bonchev–Trinajstić information content (AvgIpc) is 2.36. The summed E-state index contributed by atoms with van der Waals surface area (Å²) in [5.74, 6) is 0. The lowest BCUT2D eigenvalue weighted by molar-refractivity contribution is 0.0715. The quantitative estimate of drug-likeness (QED) is 0.724. The van der Waals surface area contributed by atoms with Gasteiger partial charge in [0, 0.05) is 12.6 Å². The molecule has 1 atom stereocenters. The second-order valence-corrected chi connectivity index (χ2v) is 5.05. The fourth-order valence-corrected chi connectivity index (χ4v) is 1.97. The van der Waals surface area contributed by atoms with Gasteiger partial charge in [-0.3, -0.25) is 0 Å². The van der Waals surface area contributed by atoms with E-state index in [0.29, 0.717) is 12.1 Å². The minimum Gasteiger partial charge on any atom is -0.379 e. The fourth-order valence-electron chi connectivity index (χ4n) is 1.97. The van der Waals surface area contributed by atoms with Crippen LogP contribution >= 0.6 is 0 Å². The molecule has 2 heteroatoms. The second kappa shape index (κ2) is 9.12. The van der Waals surface area contributed by atoms with Crippen molar-refractivity contribution in [2.75, 3.05) is 13.2 Å². The zero-order chi connectivity index (χ0) is 13.2. The van der Waals surface area contributed by atoms with E-state index in [4.69, 9.17) is 4.74 Å². The van der Waals surface area contributed by atoms with Gasteiger partial charge >= 0.3 is 0 Å². The van der Waals surface area contributed by atoms with Crippen molar-refractivity contribution >= 4 is 0 Å². The van der Waals surface area contributed by atoms with Crippen LogP contribution in [0.5, 0.6) is 0 Å². The van der Waals surface area contributed by atoms with Gasteiger partial charge in [0.1, 0.15) is 0 Å². The normalized spacial score (nSPS) is 12.9. The molecule has 0 aliphatic rings. The van der Waals surface area contributed by atoms with Crippen LogP contribution in [0.2, 0.25) is 0 Å². The van der Waals surface area contributed by atoms with Crippen LogP contribution in [0.1, 0.15) is 39.2 Å². The van der Waals surface area contributed by atoms with Crippen LogP contribution < -0.4 is 5.32 Å². The van der Waals surface area contributed by atoms with Crippen molar-refractivity contribution in [1.29, 1.82) is 0 Å². The zero-order valence-electron chi connectivity index (χ0n) is 12.0. The third-order valence-electron chi connectivity index (χ3n) is 2.93. The van der Waals surface area contributed by atoms with Crippen molar-refractivity contribution in [1.82, 2.24) is 5.32 Å². The van der Waals surface area contributed by atoms with E-state index in [1.165, 1.54) is 12.0 Å². The highest BCUT2D eigenvalue weighted by Gasteiger charge is 2.09. The molecule has 0 fully saturated rings. The van der Waals surface area contributed by atoms with Gasteiger partial charge in [0.2, 0.25) is 0 Å². The molecule has 0 heterocycles. The minimum absolute atomic E-state index is 0.327. The van der Waals surface area contributed by atoms with Gasteiger partial charge in [-0.1, -0.05) is 37.3 Å². The number of nitrogens with one attached hydrogen (secondary N) is 1. The smallest absolute Gasteiger partial charge is 0.0518 e. The highest BCUT2D eigenvalue weighted by Crippen LogP contribution is 2.07. The Morgan fingerprint density at radius 2 is 1.89 bits per heavy atom. The summed E-state index contributed by atoms with van der Waals surface area (Å²) in [4.78, 5) is 0. The summed E-state index contributed by atoms with van der Waals surface area (Å²) in [7, 11) is 0. The van der Waals surface area contributed by atoms with Crippen molar-refractivity contribution in [3.05, 3.63) is 35.9 Å². The lowest BCUT2D eigenvalue weighted by Crippen LogP contribution is -2.33. The molecule has 102 valence electrons. The maximum atomic E-state index is 5.65. The largest absolute Gasteiger partial charge is 0.379 e. The van der Waals surface area contributed by atoms with Gasteiger partial charge in [-0.2, -0.15) is 0 Å². The summed E-state index contributed by atoms with van der Waals surface area (Å²) >= 11 is 0. The Balaban J connectivity index is 2.39. The van der Waals surface area contributed by atoms with E-state index in [-0.39, 0.29) is 0 Å². The summed E-state index contributed by atoms with van der Waals surface area (Å²) in [6, 6.07) is 11.2. The van der Waals surface area contributed by atoms with Crippen LogP contribution in [-0.2, 0) is 11.2 Å². The fraction of sp³-hybridized carbons (Fsp3) is 0.625. The Morgan fingerprint density at radius 3 is 2.50 bits per heavy atom. The van der Waals surface area contributed by atoms with E-state index in [1.807, 2.05) is 0 Å². The Kier molecular flexibility index (Phi) is 7.70. The van der Waals surface area contributed by atoms with Gasteiger partial charge in [0.25, 0.3) is 0 Å². The molecule has 1 N–H and O–H groups in total. The van der Waals surface area contributed by atoms with Gasteiger partial charge in [-0.25, -0.2) is 0 Å². The van der Waals surface area contributed by atoms with Crippen molar-refractivity contribution in [3.63, 3.8) is 0 Å². The predicted molar refractivity (Wildman–Crippen MR) is 77.9 cm³/mol. The number of rotatable bonds is 9. The van der Waals surface area contributed by atoms with Gasteiger partial charge in [0.15, 0.2) is 0 Å². The van der Waals surface area contributed by atoms with Crippen LogP contribution in [-0.4, -0.2) is 25.3 Å². The summed E-state index contributed by atoms with van der Waals surface area (Å²) in [5, 5.41) is 3.61. The maximum Gasteiger partial charge on any atom is 0.0518 e. The van der Waals surface area contributed by atoms with Gasteiger partial charge in [0.05, 0.1) is 6.10 Å². The Hall–Kier alpha value is -0.860. The standard InChI is InChI=1S/C16H27NO/c1-4-11-17-16(10-12-18-14(2)3)13-15-8-6-5-7-9-15/h5-9,14,16-17H,4,10-13H2,1-3H3. The van der Waals surface area contributed by atoms with Crippen molar-refractivity contribution in [3.8, 4) is 0 Å². The Labute approximate surface area is 112 Å². The molecule has 0 amide bonds. The van der Waals surface area contributed by atoms with Crippen LogP contribution in [0.3, 0.4) is 0 Å². The second-order valence-electron chi connectivity index (χ2n) is 5.05. The topological polar surface area (TPSA) is 21.3 Å². The van der Waals surface area contributed by atoms with Crippen LogP contribution in [0.15, 0.2) is 30.3 Å². The lowest BCUT2D eigenvalue weighted by atomic mass is 10.0. The highest BCUT2D eigenvalue weighted by atomic mass is 16.5. The minimum atomic E-state index is 0.327. The van der Waals surface area contributed by atoms with Crippen LogP contribution in [0.4, 0.5) is 0 Å². The molecule has 0 radical (unpaired) electrons. The predicted octanol–water partition coefficient (Wildman–Crippen LogP) is 3.41. The molecule has 0 saturated heterocycles. The van der Waals surface area contributed by atoms with Crippen LogP contribution in [0, 0.1) is 0 Å². The first-order chi connectivity index (χ1) is 8.72. The molecule has 1 unspecified atom stereocenters. The average molecular weight is 249 g/mol. The van der Waals surface area contributed by atoms with Crippen molar-refractivity contribution in [2.45, 2.75) is 52.2 Å². The van der Waals surface area contributed by atoms with Crippen molar-refractivity contribution in [2.24, 2.45) is 0 Å². The summed E-state index contributed by atoms with van der Waals surface area (Å²) in [6.45, 7) is 8.31. The number of hydrogen-bond acceptors (Lipinski definition) is 2. The monoisotopic (exact) mass is 249 g/mol. The highest BCUT2D eigenvalue weighted by molar-refractivity contribution is 5.15. The molecule has 18 heavy (non-hydrogen) atoms. The molecule has 0 saturated carbocycles. The molecule has 0 aromatic heterocycles. The molecule has 1 aromatic rings. The third-order valence-corrected chi connectivity index (χ3v) is 2.93. The summed E-state index contributed by atoms with van der Waals surface area (Å²) in [5.41, 5.74) is 1.40. The van der Waals surface area contributed by atoms with Gasteiger partial charge in [-0.05, 0) is 45.2 Å². The number of hydrogen-bond donors (Lipinski definition) is 1. The first-order valence-corrected chi connectivity index (χ1v) is 7.11. The molecule has 1 rings (SSSR count). The maximum absolute atomic E-state index is 5.65. The van der Waals surface area contributed by atoms with E-state index in [9.17, 15) is 0 Å². The van der Waals surface area contributed by atoms with Crippen LogP contribution in [0.25, 0.3) is 0 Å². The van der Waals surface area contributed by atoms with E-state index in [0.717, 1.165) is 26.0 Å². The Bertz CT molecular complexity index is 297. The summed E-state index contributed by atoms with van der Waals surface area (Å²) in [6.07, 6.45) is 3.67. The SMILES string of the molecule is CCCNC(CCOC(C)C)Cc1ccccc1. The first-order valence-electron chi connectivity index (χ1n) is 7.11. The zero-order valence-corrected chi connectivity index (χ0v) is 12.0. The molecule has 0 aliphatic carbocycles.